The summed E-state index contributed by atoms with van der Waals surface area (Å²) >= 11 is 7.72. The minimum absolute atomic E-state index is 0.0000945. The highest BCUT2D eigenvalue weighted by Gasteiger charge is 2.42. The largest absolute Gasteiger partial charge is 0.349 e. The summed E-state index contributed by atoms with van der Waals surface area (Å²) in [4.78, 5) is 34.3. The topological polar surface area (TPSA) is 70.5 Å². The number of nitrogens with one attached hydrogen (secondary N) is 1. The van der Waals surface area contributed by atoms with Crippen molar-refractivity contribution in [2.24, 2.45) is 0 Å². The molecule has 0 spiro atoms. The van der Waals surface area contributed by atoms with Gasteiger partial charge in [0.1, 0.15) is 5.82 Å². The van der Waals surface area contributed by atoms with Crippen LogP contribution < -0.4 is 5.32 Å². The molecule has 3 aliphatic heterocycles. The van der Waals surface area contributed by atoms with Gasteiger partial charge in [-0.05, 0) is 51.2 Å². The fourth-order valence-electron chi connectivity index (χ4n) is 6.44. The normalized spacial score (nSPS) is 25.3. The molecule has 4 atom stereocenters. The van der Waals surface area contributed by atoms with E-state index in [9.17, 15) is 9.59 Å². The smallest absolute Gasteiger partial charge is 0.219 e. The summed E-state index contributed by atoms with van der Waals surface area (Å²) in [6, 6.07) is 5.59. The summed E-state index contributed by atoms with van der Waals surface area (Å²) in [5.41, 5.74) is 2.43. The quantitative estimate of drug-likeness (QED) is 0.639. The summed E-state index contributed by atoms with van der Waals surface area (Å²) < 4.78 is 3.26. The molecular weight excluding hydrogens is 470 g/mol. The van der Waals surface area contributed by atoms with Crippen molar-refractivity contribution in [1.29, 1.82) is 0 Å². The maximum absolute atomic E-state index is 11.8. The van der Waals surface area contributed by atoms with E-state index in [4.69, 9.17) is 16.6 Å². The van der Waals surface area contributed by atoms with E-state index in [1.807, 2.05) is 17.0 Å². The first kappa shape index (κ1) is 23.8. The van der Waals surface area contributed by atoms with Gasteiger partial charge >= 0.3 is 0 Å². The number of amides is 2. The molecule has 1 N–H and O–H groups in total. The van der Waals surface area contributed by atoms with Gasteiger partial charge in [-0.1, -0.05) is 11.6 Å². The van der Waals surface area contributed by atoms with Gasteiger partial charge in [0.25, 0.3) is 0 Å². The molecule has 2 fully saturated rings. The van der Waals surface area contributed by atoms with Crippen molar-refractivity contribution in [3.63, 3.8) is 0 Å². The van der Waals surface area contributed by atoms with Crippen LogP contribution in [0.2, 0.25) is 4.34 Å². The van der Waals surface area contributed by atoms with Crippen LogP contribution in [0.1, 0.15) is 80.1 Å². The zero-order valence-electron chi connectivity index (χ0n) is 20.2. The molecular formula is C25H34ClN5O2S. The van der Waals surface area contributed by atoms with Gasteiger partial charge in [-0.25, -0.2) is 4.98 Å². The first-order valence-electron chi connectivity index (χ1n) is 12.4. The first-order chi connectivity index (χ1) is 16.3. The summed E-state index contributed by atoms with van der Waals surface area (Å²) in [6.45, 7) is 7.76. The second kappa shape index (κ2) is 9.63. The highest BCUT2D eigenvalue weighted by atomic mass is 35.5. The molecule has 0 unspecified atom stereocenters. The maximum atomic E-state index is 11.8. The molecule has 2 amide bonds. The Kier molecular flexibility index (Phi) is 6.75. The predicted octanol–water partition coefficient (Wildman–Crippen LogP) is 4.25. The third-order valence-corrected chi connectivity index (χ3v) is 9.23. The number of piperidine rings is 1. The van der Waals surface area contributed by atoms with Gasteiger partial charge in [0.2, 0.25) is 11.8 Å². The second-order valence-corrected chi connectivity index (χ2v) is 11.8. The van der Waals surface area contributed by atoms with Crippen molar-refractivity contribution in [2.45, 2.75) is 90.0 Å². The highest BCUT2D eigenvalue weighted by Crippen LogP contribution is 2.43. The van der Waals surface area contributed by atoms with Crippen molar-refractivity contribution < 1.29 is 9.59 Å². The fraction of sp³-hybridized carbons (Fsp3) is 0.640. The number of thiophene rings is 1. The van der Waals surface area contributed by atoms with Crippen LogP contribution in [0, 0.1) is 6.92 Å². The molecule has 0 aliphatic carbocycles. The minimum Gasteiger partial charge on any atom is -0.349 e. The number of rotatable bonds is 6. The van der Waals surface area contributed by atoms with E-state index in [1.54, 1.807) is 25.2 Å². The zero-order chi connectivity index (χ0) is 24.0. The molecule has 0 radical (unpaired) electrons. The number of imidazole rings is 1. The summed E-state index contributed by atoms with van der Waals surface area (Å²) in [7, 11) is 0. The van der Waals surface area contributed by atoms with E-state index < -0.39 is 0 Å². The van der Waals surface area contributed by atoms with E-state index in [0.717, 1.165) is 59.5 Å². The standard InChI is InChI=1S/C25H34ClN5O2S/c1-15-27-22-14-29(17(3)33)10-9-23(22)31(15)20-12-18-4-5-19(13-20)30(18)11-8-21(28-16(2)32)24-6-7-25(26)34-24/h6-7,18-21H,4-5,8-14H2,1-3H3,(H,28,32)/t18-,19+,20+,21-/m0/s1. The number of aryl methyl sites for hydroxylation is 1. The van der Waals surface area contributed by atoms with Gasteiger partial charge in [0, 0.05) is 62.1 Å². The van der Waals surface area contributed by atoms with Crippen LogP contribution in [0.5, 0.6) is 0 Å². The molecule has 5 rings (SSSR count). The van der Waals surface area contributed by atoms with Gasteiger partial charge in [-0.3, -0.25) is 14.5 Å². The summed E-state index contributed by atoms with van der Waals surface area (Å²) in [6.07, 6.45) is 6.57. The number of hydrogen-bond acceptors (Lipinski definition) is 5. The lowest BCUT2D eigenvalue weighted by Gasteiger charge is -2.41. The Hall–Kier alpha value is -1.90. The summed E-state index contributed by atoms with van der Waals surface area (Å²) in [5.74, 6) is 1.22. The number of halogens is 1. The Bertz CT molecular complexity index is 1070. The molecule has 0 aromatic carbocycles. The Morgan fingerprint density at radius 2 is 1.94 bits per heavy atom. The van der Waals surface area contributed by atoms with Gasteiger partial charge in [0.15, 0.2) is 0 Å². The van der Waals surface area contributed by atoms with Crippen molar-refractivity contribution in [3.05, 3.63) is 38.6 Å². The van der Waals surface area contributed by atoms with Crippen LogP contribution in [0.4, 0.5) is 0 Å². The lowest BCUT2D eigenvalue weighted by Crippen LogP contribution is -2.45. The number of nitrogens with zero attached hydrogens (tertiary/aromatic N) is 4. The molecule has 2 aromatic heterocycles. The van der Waals surface area contributed by atoms with E-state index >= 15 is 0 Å². The number of fused-ring (bicyclic) bond motifs is 3. The lowest BCUT2D eigenvalue weighted by molar-refractivity contribution is -0.129. The number of aromatic nitrogens is 2. The zero-order valence-corrected chi connectivity index (χ0v) is 21.8. The number of hydrogen-bond donors (Lipinski definition) is 1. The molecule has 34 heavy (non-hydrogen) atoms. The van der Waals surface area contributed by atoms with Crippen LogP contribution in [0.25, 0.3) is 0 Å². The minimum atomic E-state index is -0.0000945. The van der Waals surface area contributed by atoms with E-state index in [-0.39, 0.29) is 17.9 Å². The fourth-order valence-corrected chi connectivity index (χ4v) is 7.59. The molecule has 0 saturated carbocycles. The molecule has 7 nitrogen and oxygen atoms in total. The number of carbonyl (C=O) groups is 2. The van der Waals surface area contributed by atoms with Crippen LogP contribution in [-0.2, 0) is 22.6 Å². The monoisotopic (exact) mass is 503 g/mol. The Labute approximate surface area is 210 Å². The number of carbonyl (C=O) groups excluding carboxylic acids is 2. The summed E-state index contributed by atoms with van der Waals surface area (Å²) in [5, 5.41) is 3.13. The Morgan fingerprint density at radius 3 is 2.56 bits per heavy atom. The average Bonchev–Trinajstić information content (AvgIpc) is 3.42. The first-order valence-corrected chi connectivity index (χ1v) is 13.6. The van der Waals surface area contributed by atoms with E-state index in [2.05, 4.69) is 21.7 Å². The molecule has 2 saturated heterocycles. The van der Waals surface area contributed by atoms with Crippen molar-refractivity contribution >= 4 is 34.8 Å². The van der Waals surface area contributed by atoms with Crippen LogP contribution in [-0.4, -0.2) is 56.3 Å². The van der Waals surface area contributed by atoms with Crippen molar-refractivity contribution in [3.8, 4) is 0 Å². The van der Waals surface area contributed by atoms with Crippen LogP contribution in [0.3, 0.4) is 0 Å². The molecule has 5 heterocycles. The predicted molar refractivity (Wildman–Crippen MR) is 134 cm³/mol. The van der Waals surface area contributed by atoms with Crippen molar-refractivity contribution in [2.75, 3.05) is 13.1 Å². The van der Waals surface area contributed by atoms with Crippen LogP contribution in [0.15, 0.2) is 12.1 Å². The van der Waals surface area contributed by atoms with E-state index in [1.165, 1.54) is 18.5 Å². The molecule has 2 aromatic rings. The third-order valence-electron chi connectivity index (χ3n) is 7.89. The van der Waals surface area contributed by atoms with Gasteiger partial charge in [-0.15, -0.1) is 11.3 Å². The molecule has 3 aliphatic rings. The Morgan fingerprint density at radius 1 is 1.21 bits per heavy atom. The average molecular weight is 504 g/mol. The Balaban J connectivity index is 1.27. The molecule has 2 bridgehead atoms. The van der Waals surface area contributed by atoms with Gasteiger partial charge < -0.3 is 14.8 Å². The van der Waals surface area contributed by atoms with Crippen LogP contribution >= 0.6 is 22.9 Å². The second-order valence-electron chi connectivity index (χ2n) is 10.0. The maximum Gasteiger partial charge on any atom is 0.219 e. The van der Waals surface area contributed by atoms with Gasteiger partial charge in [0.05, 0.1) is 22.6 Å². The lowest BCUT2D eigenvalue weighted by atomic mass is 9.95. The van der Waals surface area contributed by atoms with Gasteiger partial charge in [-0.2, -0.15) is 0 Å². The molecule has 9 heteroatoms. The third kappa shape index (κ3) is 4.64. The highest BCUT2D eigenvalue weighted by molar-refractivity contribution is 7.16. The molecule has 184 valence electrons. The van der Waals surface area contributed by atoms with Crippen molar-refractivity contribution in [1.82, 2.24) is 24.7 Å². The van der Waals surface area contributed by atoms with E-state index in [0.29, 0.717) is 24.7 Å². The SMILES string of the molecule is CC(=O)N[C@@H](CCN1[C@@H]2CC[C@H]1C[C@@H](n1c(C)nc3c1CCN(C(C)=O)C3)C2)c1ccc(Cl)s1.